The molecule has 0 bridgehead atoms. The van der Waals surface area contributed by atoms with Gasteiger partial charge in [-0.05, 0) is 49.3 Å². The first-order chi connectivity index (χ1) is 9.69. The number of carbonyl (C=O) groups excluding carboxylic acids is 1. The van der Waals surface area contributed by atoms with E-state index in [-0.39, 0.29) is 12.6 Å². The number of esters is 1. The molecule has 3 nitrogen and oxygen atoms in total. The Kier molecular flexibility index (Phi) is 7.97. The van der Waals surface area contributed by atoms with Crippen molar-refractivity contribution < 1.29 is 14.6 Å². The molecule has 1 unspecified atom stereocenters. The highest BCUT2D eigenvalue weighted by atomic mass is 16.5. The molecule has 112 valence electrons. The van der Waals surface area contributed by atoms with Crippen molar-refractivity contribution in [2.75, 3.05) is 13.2 Å². The Balaban J connectivity index is 2.32. The third-order valence-electron chi connectivity index (χ3n) is 3.61. The lowest BCUT2D eigenvalue weighted by Gasteiger charge is -2.09. The quantitative estimate of drug-likeness (QED) is 0.550. The van der Waals surface area contributed by atoms with Crippen LogP contribution in [-0.2, 0) is 4.74 Å². The summed E-state index contributed by atoms with van der Waals surface area (Å²) >= 11 is 0. The number of hydrogen-bond donors (Lipinski definition) is 1. The molecule has 0 saturated heterocycles. The molecule has 0 fully saturated rings. The van der Waals surface area contributed by atoms with Gasteiger partial charge in [-0.25, -0.2) is 4.79 Å². The van der Waals surface area contributed by atoms with E-state index in [0.717, 1.165) is 32.1 Å². The molecule has 0 saturated carbocycles. The number of aliphatic hydroxyl groups excluding tert-OH is 1. The molecule has 0 aliphatic carbocycles. The second-order valence-electron chi connectivity index (χ2n) is 5.21. The Morgan fingerprint density at radius 2 is 1.80 bits per heavy atom. The number of hydrogen-bond acceptors (Lipinski definition) is 3. The number of carbonyl (C=O) groups is 1. The van der Waals surface area contributed by atoms with Gasteiger partial charge in [0.15, 0.2) is 0 Å². The van der Waals surface area contributed by atoms with Gasteiger partial charge in [-0.1, -0.05) is 32.4 Å². The van der Waals surface area contributed by atoms with Crippen LogP contribution in [0.25, 0.3) is 0 Å². The first-order valence-electron chi connectivity index (χ1n) is 7.57. The number of unbranched alkanes of at least 4 members (excludes halogenated alkanes) is 3. The average molecular weight is 278 g/mol. The van der Waals surface area contributed by atoms with Crippen LogP contribution in [0.1, 0.15) is 67.8 Å². The SMILES string of the molecule is CCC(C)c1ccc(C(=O)OCCCCCCO)cc1. The van der Waals surface area contributed by atoms with Crippen LogP contribution < -0.4 is 0 Å². The van der Waals surface area contributed by atoms with Crippen LogP contribution in [0, 0.1) is 0 Å². The number of rotatable bonds is 9. The van der Waals surface area contributed by atoms with Crippen LogP contribution in [0.4, 0.5) is 0 Å². The zero-order valence-electron chi connectivity index (χ0n) is 12.6. The molecule has 1 atom stereocenters. The van der Waals surface area contributed by atoms with Crippen LogP contribution in [-0.4, -0.2) is 24.3 Å². The van der Waals surface area contributed by atoms with Gasteiger partial charge < -0.3 is 9.84 Å². The highest BCUT2D eigenvalue weighted by molar-refractivity contribution is 5.89. The van der Waals surface area contributed by atoms with Crippen molar-refractivity contribution >= 4 is 5.97 Å². The highest BCUT2D eigenvalue weighted by Gasteiger charge is 2.08. The van der Waals surface area contributed by atoms with E-state index in [4.69, 9.17) is 9.84 Å². The van der Waals surface area contributed by atoms with E-state index in [1.54, 1.807) is 0 Å². The van der Waals surface area contributed by atoms with E-state index < -0.39 is 0 Å². The standard InChI is InChI=1S/C17H26O3/c1-3-14(2)15-8-10-16(11-9-15)17(19)20-13-7-5-4-6-12-18/h8-11,14,18H,3-7,12-13H2,1-2H3. The van der Waals surface area contributed by atoms with E-state index in [0.29, 0.717) is 18.1 Å². The van der Waals surface area contributed by atoms with Crippen molar-refractivity contribution in [1.82, 2.24) is 0 Å². The van der Waals surface area contributed by atoms with Crippen molar-refractivity contribution in [1.29, 1.82) is 0 Å². The smallest absolute Gasteiger partial charge is 0.338 e. The van der Waals surface area contributed by atoms with E-state index in [1.807, 2.05) is 24.3 Å². The van der Waals surface area contributed by atoms with Gasteiger partial charge in [0.2, 0.25) is 0 Å². The van der Waals surface area contributed by atoms with Crippen LogP contribution in [0.15, 0.2) is 24.3 Å². The van der Waals surface area contributed by atoms with Crippen molar-refractivity contribution in [3.05, 3.63) is 35.4 Å². The summed E-state index contributed by atoms with van der Waals surface area (Å²) in [6.07, 6.45) is 4.75. The average Bonchev–Trinajstić information content (AvgIpc) is 2.50. The summed E-state index contributed by atoms with van der Waals surface area (Å²) in [6, 6.07) is 7.70. The first kappa shape index (κ1) is 16.7. The minimum atomic E-state index is -0.247. The van der Waals surface area contributed by atoms with Crippen molar-refractivity contribution in [3.8, 4) is 0 Å². The van der Waals surface area contributed by atoms with Crippen molar-refractivity contribution in [2.24, 2.45) is 0 Å². The normalized spacial score (nSPS) is 12.2. The first-order valence-corrected chi connectivity index (χ1v) is 7.57. The fourth-order valence-electron chi connectivity index (χ4n) is 2.00. The Hall–Kier alpha value is -1.35. The Morgan fingerprint density at radius 1 is 1.15 bits per heavy atom. The molecule has 0 aliphatic rings. The summed E-state index contributed by atoms with van der Waals surface area (Å²) < 4.78 is 5.23. The number of benzene rings is 1. The zero-order valence-corrected chi connectivity index (χ0v) is 12.6. The zero-order chi connectivity index (χ0) is 14.8. The van der Waals surface area contributed by atoms with Gasteiger partial charge in [0.25, 0.3) is 0 Å². The molecule has 1 aromatic carbocycles. The Bertz CT molecular complexity index is 384. The van der Waals surface area contributed by atoms with Gasteiger partial charge in [0.1, 0.15) is 0 Å². The summed E-state index contributed by atoms with van der Waals surface area (Å²) in [4.78, 5) is 11.8. The van der Waals surface area contributed by atoms with Crippen LogP contribution >= 0.6 is 0 Å². The fourth-order valence-corrected chi connectivity index (χ4v) is 2.00. The lowest BCUT2D eigenvalue weighted by Crippen LogP contribution is -2.06. The summed E-state index contributed by atoms with van der Waals surface area (Å²) in [5.41, 5.74) is 1.88. The number of ether oxygens (including phenoxy) is 1. The largest absolute Gasteiger partial charge is 0.462 e. The predicted molar refractivity (Wildman–Crippen MR) is 81.0 cm³/mol. The maximum atomic E-state index is 11.8. The predicted octanol–water partition coefficient (Wildman–Crippen LogP) is 3.91. The third-order valence-corrected chi connectivity index (χ3v) is 3.61. The van der Waals surface area contributed by atoms with Gasteiger partial charge in [-0.2, -0.15) is 0 Å². The van der Waals surface area contributed by atoms with Gasteiger partial charge in [0.05, 0.1) is 12.2 Å². The molecule has 0 heterocycles. The monoisotopic (exact) mass is 278 g/mol. The van der Waals surface area contributed by atoms with Gasteiger partial charge >= 0.3 is 5.97 Å². The Morgan fingerprint density at radius 3 is 2.40 bits per heavy atom. The third kappa shape index (κ3) is 5.74. The maximum absolute atomic E-state index is 11.8. The van der Waals surface area contributed by atoms with Crippen molar-refractivity contribution in [2.45, 2.75) is 51.9 Å². The van der Waals surface area contributed by atoms with Gasteiger partial charge in [-0.15, -0.1) is 0 Å². The molecule has 1 N–H and O–H groups in total. The minimum Gasteiger partial charge on any atom is -0.462 e. The minimum absolute atomic E-state index is 0.238. The van der Waals surface area contributed by atoms with E-state index in [9.17, 15) is 4.79 Å². The van der Waals surface area contributed by atoms with E-state index in [1.165, 1.54) is 5.56 Å². The van der Waals surface area contributed by atoms with E-state index >= 15 is 0 Å². The summed E-state index contributed by atoms with van der Waals surface area (Å²) in [6.45, 7) is 5.03. The number of aliphatic hydroxyl groups is 1. The Labute approximate surface area is 122 Å². The topological polar surface area (TPSA) is 46.5 Å². The van der Waals surface area contributed by atoms with Crippen molar-refractivity contribution in [3.63, 3.8) is 0 Å². The maximum Gasteiger partial charge on any atom is 0.338 e. The summed E-state index contributed by atoms with van der Waals surface area (Å²) in [7, 11) is 0. The van der Waals surface area contributed by atoms with Crippen LogP contribution in [0.3, 0.4) is 0 Å². The molecular formula is C17H26O3. The van der Waals surface area contributed by atoms with Gasteiger partial charge in [-0.3, -0.25) is 0 Å². The molecule has 20 heavy (non-hydrogen) atoms. The molecule has 0 aromatic heterocycles. The lowest BCUT2D eigenvalue weighted by atomic mass is 9.98. The molecule has 1 rings (SSSR count). The molecule has 0 spiro atoms. The molecular weight excluding hydrogens is 252 g/mol. The molecule has 1 aromatic rings. The summed E-state index contributed by atoms with van der Waals surface area (Å²) in [5.74, 6) is 0.273. The van der Waals surface area contributed by atoms with Gasteiger partial charge in [0, 0.05) is 6.61 Å². The summed E-state index contributed by atoms with van der Waals surface area (Å²) in [5, 5.41) is 8.65. The highest BCUT2D eigenvalue weighted by Crippen LogP contribution is 2.19. The lowest BCUT2D eigenvalue weighted by molar-refractivity contribution is 0.0497. The second-order valence-corrected chi connectivity index (χ2v) is 5.21. The van der Waals surface area contributed by atoms with Crippen LogP contribution in [0.2, 0.25) is 0 Å². The molecule has 0 amide bonds. The molecule has 0 radical (unpaired) electrons. The second kappa shape index (κ2) is 9.54. The molecule has 3 heteroatoms. The van der Waals surface area contributed by atoms with E-state index in [2.05, 4.69) is 13.8 Å². The fraction of sp³-hybridized carbons (Fsp3) is 0.588. The molecule has 0 aliphatic heterocycles. The van der Waals surface area contributed by atoms with Crippen LogP contribution in [0.5, 0.6) is 0 Å².